The minimum atomic E-state index is -0.418. The summed E-state index contributed by atoms with van der Waals surface area (Å²) in [5.41, 5.74) is 0.650. The molecule has 26 heavy (non-hydrogen) atoms. The molecule has 1 aromatic carbocycles. The SMILES string of the molecule is CNC(=O)[C@@H]1CN(C(=O)C2(c3ccccc3)CC2)C[C@H]1c1n[nH]c(C)n1. The number of aromatic amines is 1. The lowest BCUT2D eigenvalue weighted by atomic mass is 9.94. The first-order chi connectivity index (χ1) is 12.5. The van der Waals surface area contributed by atoms with E-state index in [9.17, 15) is 9.59 Å². The van der Waals surface area contributed by atoms with Gasteiger partial charge in [0.05, 0.1) is 17.3 Å². The van der Waals surface area contributed by atoms with E-state index in [1.807, 2.05) is 42.2 Å². The Labute approximate surface area is 152 Å². The maximum absolute atomic E-state index is 13.3. The van der Waals surface area contributed by atoms with Gasteiger partial charge >= 0.3 is 0 Å². The number of carbonyl (C=O) groups is 2. The monoisotopic (exact) mass is 353 g/mol. The van der Waals surface area contributed by atoms with Gasteiger partial charge < -0.3 is 10.2 Å². The number of H-pyrrole nitrogens is 1. The summed E-state index contributed by atoms with van der Waals surface area (Å²) in [6.07, 6.45) is 1.73. The second-order valence-corrected chi connectivity index (χ2v) is 7.26. The van der Waals surface area contributed by atoms with E-state index >= 15 is 0 Å². The van der Waals surface area contributed by atoms with Gasteiger partial charge in [0.25, 0.3) is 0 Å². The average Bonchev–Trinajstić information content (AvgIpc) is 3.18. The molecule has 2 aromatic rings. The van der Waals surface area contributed by atoms with Crippen LogP contribution in [0.2, 0.25) is 0 Å². The molecular weight excluding hydrogens is 330 g/mol. The van der Waals surface area contributed by atoms with E-state index in [0.29, 0.717) is 24.7 Å². The average molecular weight is 353 g/mol. The Hall–Kier alpha value is -2.70. The number of hydrogen-bond acceptors (Lipinski definition) is 4. The highest BCUT2D eigenvalue weighted by Crippen LogP contribution is 2.50. The van der Waals surface area contributed by atoms with Gasteiger partial charge in [0, 0.05) is 20.1 Å². The fourth-order valence-electron chi connectivity index (χ4n) is 4.02. The maximum atomic E-state index is 13.3. The maximum Gasteiger partial charge on any atom is 0.233 e. The van der Waals surface area contributed by atoms with Crippen LogP contribution in [0.1, 0.15) is 36.0 Å². The number of nitrogens with one attached hydrogen (secondary N) is 2. The summed E-state index contributed by atoms with van der Waals surface area (Å²) < 4.78 is 0. The largest absolute Gasteiger partial charge is 0.359 e. The van der Waals surface area contributed by atoms with Crippen LogP contribution in [0.5, 0.6) is 0 Å². The Morgan fingerprint density at radius 2 is 1.96 bits per heavy atom. The first-order valence-electron chi connectivity index (χ1n) is 9.00. The summed E-state index contributed by atoms with van der Waals surface area (Å²) in [5, 5.41) is 9.80. The molecule has 1 saturated carbocycles. The molecule has 0 spiro atoms. The second kappa shape index (κ2) is 6.23. The van der Waals surface area contributed by atoms with Crippen LogP contribution in [0.25, 0.3) is 0 Å². The van der Waals surface area contributed by atoms with Gasteiger partial charge in [-0.25, -0.2) is 4.98 Å². The van der Waals surface area contributed by atoms with Crippen molar-refractivity contribution in [2.75, 3.05) is 20.1 Å². The molecule has 2 atom stereocenters. The molecular formula is C19H23N5O2. The van der Waals surface area contributed by atoms with E-state index in [0.717, 1.165) is 18.4 Å². The van der Waals surface area contributed by atoms with E-state index < -0.39 is 5.41 Å². The van der Waals surface area contributed by atoms with Crippen LogP contribution in [0.3, 0.4) is 0 Å². The molecule has 1 aliphatic carbocycles. The number of rotatable bonds is 4. The van der Waals surface area contributed by atoms with Gasteiger partial charge in [-0.15, -0.1) is 0 Å². The molecule has 0 bridgehead atoms. The number of aromatic nitrogens is 3. The van der Waals surface area contributed by atoms with Crippen molar-refractivity contribution in [2.24, 2.45) is 5.92 Å². The molecule has 2 fully saturated rings. The molecule has 0 radical (unpaired) electrons. The van der Waals surface area contributed by atoms with Gasteiger partial charge in [-0.1, -0.05) is 30.3 Å². The number of nitrogens with zero attached hydrogens (tertiary/aromatic N) is 3. The van der Waals surface area contributed by atoms with Crippen LogP contribution < -0.4 is 5.32 Å². The molecule has 7 heteroatoms. The van der Waals surface area contributed by atoms with Crippen molar-refractivity contribution in [3.05, 3.63) is 47.5 Å². The summed E-state index contributed by atoms with van der Waals surface area (Å²) in [6.45, 7) is 2.71. The van der Waals surface area contributed by atoms with Crippen LogP contribution in [0, 0.1) is 12.8 Å². The zero-order chi connectivity index (χ0) is 18.3. The highest BCUT2D eigenvalue weighted by Gasteiger charge is 2.55. The Morgan fingerprint density at radius 3 is 2.54 bits per heavy atom. The fourth-order valence-corrected chi connectivity index (χ4v) is 4.02. The van der Waals surface area contributed by atoms with Crippen molar-refractivity contribution in [3.63, 3.8) is 0 Å². The molecule has 2 amide bonds. The van der Waals surface area contributed by atoms with Gasteiger partial charge in [0.1, 0.15) is 5.82 Å². The molecule has 1 aromatic heterocycles. The summed E-state index contributed by atoms with van der Waals surface area (Å²) >= 11 is 0. The summed E-state index contributed by atoms with van der Waals surface area (Å²) in [7, 11) is 1.62. The van der Waals surface area contributed by atoms with Gasteiger partial charge in [-0.2, -0.15) is 5.10 Å². The smallest absolute Gasteiger partial charge is 0.233 e. The molecule has 2 N–H and O–H groups in total. The lowest BCUT2D eigenvalue weighted by Crippen LogP contribution is -2.39. The van der Waals surface area contributed by atoms with Crippen molar-refractivity contribution >= 4 is 11.8 Å². The fraction of sp³-hybridized carbons (Fsp3) is 0.474. The Kier molecular flexibility index (Phi) is 4.01. The number of carbonyl (C=O) groups excluding carboxylic acids is 2. The lowest BCUT2D eigenvalue weighted by molar-refractivity contribution is -0.133. The molecule has 1 saturated heterocycles. The number of hydrogen-bond donors (Lipinski definition) is 2. The van der Waals surface area contributed by atoms with Crippen LogP contribution in [0.4, 0.5) is 0 Å². The first kappa shape index (κ1) is 16.8. The van der Waals surface area contributed by atoms with E-state index in [2.05, 4.69) is 20.5 Å². The van der Waals surface area contributed by atoms with Crippen molar-refractivity contribution in [3.8, 4) is 0 Å². The van der Waals surface area contributed by atoms with Gasteiger partial charge in [0.2, 0.25) is 11.8 Å². The first-order valence-corrected chi connectivity index (χ1v) is 9.00. The number of amides is 2. The highest BCUT2D eigenvalue weighted by atomic mass is 16.2. The quantitative estimate of drug-likeness (QED) is 0.862. The van der Waals surface area contributed by atoms with E-state index in [1.54, 1.807) is 7.05 Å². The minimum Gasteiger partial charge on any atom is -0.359 e. The predicted molar refractivity (Wildman–Crippen MR) is 95.4 cm³/mol. The molecule has 2 aliphatic rings. The molecule has 136 valence electrons. The van der Waals surface area contributed by atoms with Crippen molar-refractivity contribution < 1.29 is 9.59 Å². The third-order valence-corrected chi connectivity index (χ3v) is 5.62. The van der Waals surface area contributed by atoms with Crippen molar-refractivity contribution in [2.45, 2.75) is 31.1 Å². The topological polar surface area (TPSA) is 91.0 Å². The minimum absolute atomic E-state index is 0.0719. The second-order valence-electron chi connectivity index (χ2n) is 7.26. The summed E-state index contributed by atoms with van der Waals surface area (Å²) in [5.74, 6) is 0.852. The van der Waals surface area contributed by atoms with Crippen molar-refractivity contribution in [1.82, 2.24) is 25.4 Å². The predicted octanol–water partition coefficient (Wildman–Crippen LogP) is 1.13. The van der Waals surface area contributed by atoms with Crippen LogP contribution in [-0.4, -0.2) is 52.0 Å². The highest BCUT2D eigenvalue weighted by molar-refractivity contribution is 5.92. The summed E-state index contributed by atoms with van der Waals surface area (Å²) in [6, 6.07) is 9.95. The van der Waals surface area contributed by atoms with E-state index in [1.165, 1.54) is 0 Å². The van der Waals surface area contributed by atoms with E-state index in [-0.39, 0.29) is 23.7 Å². The van der Waals surface area contributed by atoms with Gasteiger partial charge in [-0.3, -0.25) is 14.7 Å². The van der Waals surface area contributed by atoms with E-state index in [4.69, 9.17) is 0 Å². The number of aryl methyl sites for hydroxylation is 1. The Bertz CT molecular complexity index is 827. The molecule has 0 unspecified atom stereocenters. The Balaban J connectivity index is 1.60. The molecule has 7 nitrogen and oxygen atoms in total. The molecule has 1 aliphatic heterocycles. The zero-order valence-electron chi connectivity index (χ0n) is 15.0. The van der Waals surface area contributed by atoms with Crippen LogP contribution in [0.15, 0.2) is 30.3 Å². The summed E-state index contributed by atoms with van der Waals surface area (Å²) in [4.78, 5) is 31.9. The third kappa shape index (κ3) is 2.67. The zero-order valence-corrected chi connectivity index (χ0v) is 15.0. The van der Waals surface area contributed by atoms with Crippen LogP contribution in [-0.2, 0) is 15.0 Å². The van der Waals surface area contributed by atoms with Gasteiger partial charge in [-0.05, 0) is 25.3 Å². The standard InChI is InChI=1S/C19H23N5O2/c1-12-21-16(23-22-12)14-10-24(11-15(14)17(25)20-2)18(26)19(8-9-19)13-6-4-3-5-7-13/h3-7,14-15H,8-11H2,1-2H3,(H,20,25)(H,21,22,23)/t14-,15-/m1/s1. The van der Waals surface area contributed by atoms with Crippen LogP contribution >= 0.6 is 0 Å². The normalized spacial score (nSPS) is 23.7. The van der Waals surface area contributed by atoms with Gasteiger partial charge in [0.15, 0.2) is 5.82 Å². The lowest BCUT2D eigenvalue weighted by Gasteiger charge is -2.23. The number of likely N-dealkylation sites (tertiary alicyclic amines) is 1. The third-order valence-electron chi connectivity index (χ3n) is 5.62. The van der Waals surface area contributed by atoms with Crippen molar-refractivity contribution in [1.29, 1.82) is 0 Å². The number of benzene rings is 1. The Morgan fingerprint density at radius 1 is 1.23 bits per heavy atom. The molecule has 4 rings (SSSR count). The molecule has 2 heterocycles.